The Bertz CT molecular complexity index is 486. The number of piperidine rings is 1. The highest BCUT2D eigenvalue weighted by Gasteiger charge is 2.21. The van der Waals surface area contributed by atoms with Crippen molar-refractivity contribution in [1.29, 1.82) is 0 Å². The van der Waals surface area contributed by atoms with E-state index in [0.29, 0.717) is 17.6 Å². The summed E-state index contributed by atoms with van der Waals surface area (Å²) in [6, 6.07) is 6.03. The summed E-state index contributed by atoms with van der Waals surface area (Å²) in [5.41, 5.74) is 1.83. The van der Waals surface area contributed by atoms with E-state index < -0.39 is 0 Å². The largest absolute Gasteiger partial charge is 0.325 e. The third-order valence-corrected chi connectivity index (χ3v) is 4.28. The molecule has 116 valence electrons. The van der Waals surface area contributed by atoms with Crippen LogP contribution in [0.5, 0.6) is 0 Å². The number of carbonyl (C=O) groups excluding carboxylic acids is 1. The van der Waals surface area contributed by atoms with E-state index in [1.165, 1.54) is 0 Å². The SMILES string of the molecule is CCN(CC(=O)Nc1ccc(Cl)cc1C)C1CCNCC1. The van der Waals surface area contributed by atoms with Crippen LogP contribution in [-0.2, 0) is 4.79 Å². The topological polar surface area (TPSA) is 44.4 Å². The zero-order valence-electron chi connectivity index (χ0n) is 12.8. The molecule has 0 atom stereocenters. The Kier molecular flexibility index (Phi) is 6.03. The quantitative estimate of drug-likeness (QED) is 0.879. The van der Waals surface area contributed by atoms with Crippen LogP contribution in [0.4, 0.5) is 5.69 Å². The Morgan fingerprint density at radius 1 is 1.43 bits per heavy atom. The number of benzene rings is 1. The van der Waals surface area contributed by atoms with Crippen molar-refractivity contribution in [1.82, 2.24) is 10.2 Å². The van der Waals surface area contributed by atoms with Gasteiger partial charge in [0.1, 0.15) is 0 Å². The van der Waals surface area contributed by atoms with Gasteiger partial charge in [-0.3, -0.25) is 9.69 Å². The van der Waals surface area contributed by atoms with Gasteiger partial charge >= 0.3 is 0 Å². The Morgan fingerprint density at radius 2 is 2.14 bits per heavy atom. The van der Waals surface area contributed by atoms with E-state index in [4.69, 9.17) is 11.6 Å². The molecular weight excluding hydrogens is 286 g/mol. The normalized spacial score (nSPS) is 16.2. The van der Waals surface area contributed by atoms with Crippen LogP contribution in [0.25, 0.3) is 0 Å². The van der Waals surface area contributed by atoms with Crippen LogP contribution in [0.1, 0.15) is 25.3 Å². The second kappa shape index (κ2) is 7.78. The molecule has 2 rings (SSSR count). The molecule has 2 N–H and O–H groups in total. The fourth-order valence-corrected chi connectivity index (χ4v) is 3.04. The molecule has 0 saturated carbocycles. The van der Waals surface area contributed by atoms with E-state index in [9.17, 15) is 4.79 Å². The third-order valence-electron chi connectivity index (χ3n) is 4.04. The molecule has 0 radical (unpaired) electrons. The van der Waals surface area contributed by atoms with Crippen molar-refractivity contribution in [3.63, 3.8) is 0 Å². The van der Waals surface area contributed by atoms with Gasteiger partial charge in [-0.15, -0.1) is 0 Å². The summed E-state index contributed by atoms with van der Waals surface area (Å²) in [6.45, 7) is 7.49. The van der Waals surface area contributed by atoms with Crippen LogP contribution >= 0.6 is 11.6 Å². The molecule has 0 aliphatic carbocycles. The lowest BCUT2D eigenvalue weighted by Crippen LogP contribution is -2.46. The maximum absolute atomic E-state index is 12.3. The minimum atomic E-state index is 0.0424. The molecule has 0 aromatic heterocycles. The predicted octanol–water partition coefficient (Wildman–Crippen LogP) is 2.66. The van der Waals surface area contributed by atoms with Crippen LogP contribution in [0, 0.1) is 6.92 Å². The van der Waals surface area contributed by atoms with E-state index in [-0.39, 0.29) is 5.91 Å². The van der Waals surface area contributed by atoms with E-state index in [1.807, 2.05) is 19.1 Å². The van der Waals surface area contributed by atoms with Gasteiger partial charge in [0.2, 0.25) is 5.91 Å². The monoisotopic (exact) mass is 309 g/mol. The minimum absolute atomic E-state index is 0.0424. The maximum Gasteiger partial charge on any atom is 0.238 e. The van der Waals surface area contributed by atoms with Gasteiger partial charge in [0.15, 0.2) is 0 Å². The summed E-state index contributed by atoms with van der Waals surface area (Å²) in [6.07, 6.45) is 2.22. The van der Waals surface area contributed by atoms with Crippen molar-refractivity contribution in [2.75, 3.05) is 31.5 Å². The molecule has 21 heavy (non-hydrogen) atoms. The molecule has 1 aliphatic rings. The van der Waals surface area contributed by atoms with Crippen molar-refractivity contribution in [3.8, 4) is 0 Å². The summed E-state index contributed by atoms with van der Waals surface area (Å²) in [5, 5.41) is 7.04. The molecule has 0 spiro atoms. The summed E-state index contributed by atoms with van der Waals surface area (Å²) in [7, 11) is 0. The molecular formula is C16H24ClN3O. The lowest BCUT2D eigenvalue weighted by atomic mass is 10.0. The predicted molar refractivity (Wildman–Crippen MR) is 88.0 cm³/mol. The number of anilines is 1. The first-order valence-electron chi connectivity index (χ1n) is 7.61. The summed E-state index contributed by atoms with van der Waals surface area (Å²) in [5.74, 6) is 0.0424. The summed E-state index contributed by atoms with van der Waals surface area (Å²) < 4.78 is 0. The highest BCUT2D eigenvalue weighted by molar-refractivity contribution is 6.30. The summed E-state index contributed by atoms with van der Waals surface area (Å²) >= 11 is 5.93. The van der Waals surface area contributed by atoms with Gasteiger partial charge in [0.25, 0.3) is 0 Å². The fraction of sp³-hybridized carbons (Fsp3) is 0.562. The van der Waals surface area contributed by atoms with Gasteiger partial charge in [-0.05, 0) is 63.2 Å². The number of carbonyl (C=O) groups is 1. The molecule has 1 fully saturated rings. The highest BCUT2D eigenvalue weighted by atomic mass is 35.5. The second-order valence-electron chi connectivity index (χ2n) is 5.55. The molecule has 1 heterocycles. The first kappa shape index (κ1) is 16.3. The number of nitrogens with zero attached hydrogens (tertiary/aromatic N) is 1. The number of rotatable bonds is 5. The van der Waals surface area contributed by atoms with Crippen LogP contribution in [0.2, 0.25) is 5.02 Å². The van der Waals surface area contributed by atoms with Crippen LogP contribution < -0.4 is 10.6 Å². The molecule has 5 heteroatoms. The van der Waals surface area contributed by atoms with Crippen molar-refractivity contribution < 1.29 is 4.79 Å². The Balaban J connectivity index is 1.92. The number of hydrogen-bond acceptors (Lipinski definition) is 3. The van der Waals surface area contributed by atoms with Gasteiger partial charge in [-0.2, -0.15) is 0 Å². The smallest absolute Gasteiger partial charge is 0.238 e. The van der Waals surface area contributed by atoms with Crippen LogP contribution in [0.15, 0.2) is 18.2 Å². The Labute approximate surface area is 131 Å². The van der Waals surface area contributed by atoms with Crippen molar-refractivity contribution in [2.24, 2.45) is 0 Å². The average Bonchev–Trinajstić information content (AvgIpc) is 2.48. The summed E-state index contributed by atoms with van der Waals surface area (Å²) in [4.78, 5) is 14.5. The molecule has 1 aromatic carbocycles. The van der Waals surface area contributed by atoms with Crippen molar-refractivity contribution >= 4 is 23.2 Å². The number of likely N-dealkylation sites (N-methyl/N-ethyl adjacent to an activating group) is 1. The fourth-order valence-electron chi connectivity index (χ4n) is 2.81. The molecule has 0 bridgehead atoms. The maximum atomic E-state index is 12.3. The molecule has 1 aromatic rings. The van der Waals surface area contributed by atoms with Gasteiger partial charge in [-0.1, -0.05) is 18.5 Å². The molecule has 4 nitrogen and oxygen atoms in total. The van der Waals surface area contributed by atoms with Crippen LogP contribution in [-0.4, -0.2) is 43.0 Å². The Morgan fingerprint density at radius 3 is 2.76 bits per heavy atom. The first-order chi connectivity index (χ1) is 10.1. The number of aryl methyl sites for hydroxylation is 1. The zero-order chi connectivity index (χ0) is 15.2. The minimum Gasteiger partial charge on any atom is -0.325 e. The van der Waals surface area contributed by atoms with Gasteiger partial charge in [0.05, 0.1) is 6.54 Å². The number of halogens is 1. The Hall–Kier alpha value is -1.10. The molecule has 1 amide bonds. The van der Waals surface area contributed by atoms with Crippen molar-refractivity contribution in [3.05, 3.63) is 28.8 Å². The van der Waals surface area contributed by atoms with Crippen molar-refractivity contribution in [2.45, 2.75) is 32.7 Å². The van der Waals surface area contributed by atoms with Gasteiger partial charge < -0.3 is 10.6 Å². The van der Waals surface area contributed by atoms with E-state index >= 15 is 0 Å². The molecule has 1 saturated heterocycles. The third kappa shape index (κ3) is 4.70. The number of nitrogens with one attached hydrogen (secondary N) is 2. The highest BCUT2D eigenvalue weighted by Crippen LogP contribution is 2.19. The zero-order valence-corrected chi connectivity index (χ0v) is 13.5. The lowest BCUT2D eigenvalue weighted by molar-refractivity contribution is -0.118. The van der Waals surface area contributed by atoms with E-state index in [0.717, 1.165) is 43.7 Å². The lowest BCUT2D eigenvalue weighted by Gasteiger charge is -2.33. The number of amides is 1. The van der Waals surface area contributed by atoms with Gasteiger partial charge in [0, 0.05) is 16.8 Å². The second-order valence-corrected chi connectivity index (χ2v) is 5.99. The molecule has 1 aliphatic heterocycles. The van der Waals surface area contributed by atoms with Crippen LogP contribution in [0.3, 0.4) is 0 Å². The van der Waals surface area contributed by atoms with E-state index in [1.54, 1.807) is 6.07 Å². The standard InChI is InChI=1S/C16H24ClN3O/c1-3-20(14-6-8-18-9-7-14)11-16(21)19-15-5-4-13(17)10-12(15)2/h4-5,10,14,18H,3,6-9,11H2,1-2H3,(H,19,21). The van der Waals surface area contributed by atoms with E-state index in [2.05, 4.69) is 22.5 Å². The number of hydrogen-bond donors (Lipinski definition) is 2. The average molecular weight is 310 g/mol. The molecule has 0 unspecified atom stereocenters. The van der Waals surface area contributed by atoms with Gasteiger partial charge in [-0.25, -0.2) is 0 Å². The first-order valence-corrected chi connectivity index (χ1v) is 7.98.